The van der Waals surface area contributed by atoms with Crippen LogP contribution in [-0.4, -0.2) is 21.2 Å². The molecule has 2 aromatic carbocycles. The van der Waals surface area contributed by atoms with Gasteiger partial charge in [0.25, 0.3) is 0 Å². The summed E-state index contributed by atoms with van der Waals surface area (Å²) in [4.78, 5) is 2.01. The minimum absolute atomic E-state index is 0.568. The first-order valence-corrected chi connectivity index (χ1v) is 6.38. The average molecular weight is 271 g/mol. The van der Waals surface area contributed by atoms with Crippen LogP contribution in [0.2, 0.25) is 0 Å². The van der Waals surface area contributed by atoms with E-state index in [0.29, 0.717) is 11.9 Å². The molecule has 0 aliphatic carbocycles. The lowest BCUT2D eigenvalue weighted by Crippen LogP contribution is -2.08. The van der Waals surface area contributed by atoms with Gasteiger partial charge in [0.2, 0.25) is 0 Å². The summed E-state index contributed by atoms with van der Waals surface area (Å²) in [6.45, 7) is 0. The van der Waals surface area contributed by atoms with Gasteiger partial charge in [-0.05, 0) is 35.4 Å². The summed E-state index contributed by atoms with van der Waals surface area (Å²) < 4.78 is 18.4. The standard InChI is InChI=1S/C17H18FNO/c1-19(2)15-8-4-13(5-9-15)17(12-18)14-6-10-16(20-3)11-7-14/h4-12H,1-3H3. The van der Waals surface area contributed by atoms with Crippen LogP contribution in [0.5, 0.6) is 5.75 Å². The SMILES string of the molecule is COc1ccc(C(=CF)c2ccc(N(C)C)cc2)cc1. The second-order valence-electron chi connectivity index (χ2n) is 4.69. The fraction of sp³-hybridized carbons (Fsp3) is 0.176. The Labute approximate surface area is 119 Å². The zero-order valence-corrected chi connectivity index (χ0v) is 11.9. The van der Waals surface area contributed by atoms with Crippen molar-refractivity contribution in [3.8, 4) is 5.75 Å². The highest BCUT2D eigenvalue weighted by atomic mass is 19.1. The van der Waals surface area contributed by atoms with Crippen LogP contribution in [0.15, 0.2) is 54.9 Å². The van der Waals surface area contributed by atoms with Crippen LogP contribution < -0.4 is 9.64 Å². The Kier molecular flexibility index (Phi) is 4.41. The van der Waals surface area contributed by atoms with Crippen molar-refractivity contribution in [3.63, 3.8) is 0 Å². The number of nitrogens with zero attached hydrogens (tertiary/aromatic N) is 1. The third kappa shape index (κ3) is 2.99. The fourth-order valence-electron chi connectivity index (χ4n) is 2.00. The molecule has 0 amide bonds. The smallest absolute Gasteiger partial charge is 0.118 e. The number of anilines is 1. The Balaban J connectivity index is 2.32. The third-order valence-electron chi connectivity index (χ3n) is 3.20. The molecule has 0 aliphatic rings. The van der Waals surface area contributed by atoms with E-state index in [1.165, 1.54) is 0 Å². The number of rotatable bonds is 4. The lowest BCUT2D eigenvalue weighted by atomic mass is 9.99. The quantitative estimate of drug-likeness (QED) is 0.829. The van der Waals surface area contributed by atoms with E-state index >= 15 is 0 Å². The maximum atomic E-state index is 13.3. The third-order valence-corrected chi connectivity index (χ3v) is 3.20. The number of halogens is 1. The highest BCUT2D eigenvalue weighted by Crippen LogP contribution is 2.26. The summed E-state index contributed by atoms with van der Waals surface area (Å²) >= 11 is 0. The molecule has 0 bridgehead atoms. The van der Waals surface area contributed by atoms with Gasteiger partial charge < -0.3 is 9.64 Å². The largest absolute Gasteiger partial charge is 0.497 e. The van der Waals surface area contributed by atoms with Crippen LogP contribution >= 0.6 is 0 Å². The molecule has 0 heterocycles. The van der Waals surface area contributed by atoms with Crippen LogP contribution in [0.4, 0.5) is 10.1 Å². The molecular weight excluding hydrogens is 253 g/mol. The van der Waals surface area contributed by atoms with Crippen molar-refractivity contribution >= 4 is 11.3 Å². The van der Waals surface area contributed by atoms with Gasteiger partial charge in [0.05, 0.1) is 13.4 Å². The van der Waals surface area contributed by atoms with E-state index in [2.05, 4.69) is 0 Å². The average Bonchev–Trinajstić information content (AvgIpc) is 2.49. The van der Waals surface area contributed by atoms with Gasteiger partial charge in [0.1, 0.15) is 5.75 Å². The van der Waals surface area contributed by atoms with Crippen molar-refractivity contribution < 1.29 is 9.13 Å². The van der Waals surface area contributed by atoms with Crippen molar-refractivity contribution in [3.05, 3.63) is 66.0 Å². The first-order valence-electron chi connectivity index (χ1n) is 6.38. The summed E-state index contributed by atoms with van der Waals surface area (Å²) in [6.07, 6.45) is 0.645. The first-order chi connectivity index (χ1) is 9.65. The molecule has 0 unspecified atom stereocenters. The Morgan fingerprint density at radius 1 is 0.950 bits per heavy atom. The Bertz CT molecular complexity index is 585. The molecule has 0 aliphatic heterocycles. The van der Waals surface area contributed by atoms with Crippen LogP contribution in [0, 0.1) is 0 Å². The van der Waals surface area contributed by atoms with Gasteiger partial charge in [-0.25, -0.2) is 4.39 Å². The summed E-state index contributed by atoms with van der Waals surface area (Å²) in [7, 11) is 5.57. The number of methoxy groups -OCH3 is 1. The molecule has 0 N–H and O–H groups in total. The van der Waals surface area contributed by atoms with E-state index in [-0.39, 0.29) is 0 Å². The van der Waals surface area contributed by atoms with Crippen molar-refractivity contribution in [1.82, 2.24) is 0 Å². The van der Waals surface area contributed by atoms with E-state index in [9.17, 15) is 4.39 Å². The van der Waals surface area contributed by atoms with Crippen LogP contribution in [-0.2, 0) is 0 Å². The molecule has 0 saturated heterocycles. The molecule has 3 heteroatoms. The van der Waals surface area contributed by atoms with Crippen LogP contribution in [0.3, 0.4) is 0 Å². The molecule has 0 saturated carbocycles. The summed E-state index contributed by atoms with van der Waals surface area (Å²) in [5, 5.41) is 0. The van der Waals surface area contributed by atoms with Crippen LogP contribution in [0.1, 0.15) is 11.1 Å². The first kappa shape index (κ1) is 14.1. The van der Waals surface area contributed by atoms with Crippen molar-refractivity contribution in [1.29, 1.82) is 0 Å². The second kappa shape index (κ2) is 6.24. The van der Waals surface area contributed by atoms with Gasteiger partial charge in [-0.15, -0.1) is 0 Å². The molecule has 0 atom stereocenters. The summed E-state index contributed by atoms with van der Waals surface area (Å²) in [5.74, 6) is 0.759. The number of ether oxygens (including phenoxy) is 1. The maximum Gasteiger partial charge on any atom is 0.118 e. The zero-order valence-electron chi connectivity index (χ0n) is 11.9. The Morgan fingerprint density at radius 2 is 1.45 bits per heavy atom. The minimum atomic E-state index is 0.568. The number of hydrogen-bond acceptors (Lipinski definition) is 2. The Hall–Kier alpha value is -2.29. The van der Waals surface area contributed by atoms with Gasteiger partial charge >= 0.3 is 0 Å². The zero-order chi connectivity index (χ0) is 14.5. The molecular formula is C17H18FNO. The van der Waals surface area contributed by atoms with Gasteiger partial charge in [0.15, 0.2) is 0 Å². The van der Waals surface area contributed by atoms with Gasteiger partial charge in [0, 0.05) is 25.4 Å². The van der Waals surface area contributed by atoms with Gasteiger partial charge in [-0.3, -0.25) is 0 Å². The van der Waals surface area contributed by atoms with Crippen molar-refractivity contribution in [2.75, 3.05) is 26.1 Å². The lowest BCUT2D eigenvalue weighted by molar-refractivity contribution is 0.415. The summed E-state index contributed by atoms with van der Waals surface area (Å²) in [6, 6.07) is 15.1. The molecule has 0 aromatic heterocycles. The van der Waals surface area contributed by atoms with Crippen LogP contribution in [0.25, 0.3) is 5.57 Å². The van der Waals surface area contributed by atoms with Gasteiger partial charge in [-0.1, -0.05) is 24.3 Å². The van der Waals surface area contributed by atoms with Crippen molar-refractivity contribution in [2.45, 2.75) is 0 Å². The molecule has 0 radical (unpaired) electrons. The molecule has 0 fully saturated rings. The molecule has 0 spiro atoms. The minimum Gasteiger partial charge on any atom is -0.497 e. The predicted octanol–water partition coefficient (Wildman–Crippen LogP) is 4.12. The summed E-state index contributed by atoms with van der Waals surface area (Å²) in [5.41, 5.74) is 3.33. The number of benzene rings is 2. The number of hydrogen-bond donors (Lipinski definition) is 0. The van der Waals surface area contributed by atoms with E-state index < -0.39 is 0 Å². The van der Waals surface area contributed by atoms with Crippen molar-refractivity contribution in [2.24, 2.45) is 0 Å². The normalized spacial score (nSPS) is 11.3. The predicted molar refractivity (Wildman–Crippen MR) is 82.0 cm³/mol. The van der Waals surface area contributed by atoms with E-state index in [1.807, 2.05) is 67.5 Å². The second-order valence-corrected chi connectivity index (χ2v) is 4.69. The Morgan fingerprint density at radius 3 is 1.85 bits per heavy atom. The van der Waals surface area contributed by atoms with E-state index in [1.54, 1.807) is 7.11 Å². The molecule has 20 heavy (non-hydrogen) atoms. The van der Waals surface area contributed by atoms with E-state index in [4.69, 9.17) is 4.74 Å². The highest BCUT2D eigenvalue weighted by Gasteiger charge is 2.06. The molecule has 2 rings (SSSR count). The topological polar surface area (TPSA) is 12.5 Å². The monoisotopic (exact) mass is 271 g/mol. The highest BCUT2D eigenvalue weighted by molar-refractivity contribution is 5.79. The van der Waals surface area contributed by atoms with E-state index in [0.717, 1.165) is 22.6 Å². The molecule has 104 valence electrons. The molecule has 2 aromatic rings. The lowest BCUT2D eigenvalue weighted by Gasteiger charge is -2.13. The fourth-order valence-corrected chi connectivity index (χ4v) is 2.00. The van der Waals surface area contributed by atoms with Gasteiger partial charge in [-0.2, -0.15) is 0 Å². The molecule has 2 nitrogen and oxygen atoms in total. The maximum absolute atomic E-state index is 13.3.